The van der Waals surface area contributed by atoms with Crippen LogP contribution in [0.4, 0.5) is 0 Å². The lowest BCUT2D eigenvalue weighted by Gasteiger charge is -2.14. The quantitative estimate of drug-likeness (QED) is 0.875. The van der Waals surface area contributed by atoms with Crippen LogP contribution < -0.4 is 0 Å². The Kier molecular flexibility index (Phi) is 5.21. The van der Waals surface area contributed by atoms with Crippen LogP contribution in [0.2, 0.25) is 5.02 Å². The van der Waals surface area contributed by atoms with E-state index < -0.39 is 12.1 Å². The molecular weight excluding hydrogens is 299 g/mol. The van der Waals surface area contributed by atoms with E-state index in [1.54, 1.807) is 18.2 Å². The molecule has 0 aliphatic heterocycles. The number of carboxylic acids is 1. The number of benzene rings is 1. The van der Waals surface area contributed by atoms with Gasteiger partial charge in [-0.3, -0.25) is 0 Å². The van der Waals surface area contributed by atoms with Crippen molar-refractivity contribution in [2.75, 3.05) is 13.2 Å². The fraction of sp³-hybridized carbons (Fsp3) is 0.300. The fourth-order valence-electron chi connectivity index (χ4n) is 1.18. The van der Waals surface area contributed by atoms with E-state index in [1.165, 1.54) is 0 Å². The van der Waals surface area contributed by atoms with Crippen molar-refractivity contribution in [3.63, 3.8) is 0 Å². The van der Waals surface area contributed by atoms with Crippen molar-refractivity contribution < 1.29 is 19.7 Å². The number of aliphatic carboxylic acids is 1. The number of aliphatic hydroxyl groups excluding tert-OH is 1. The molecule has 0 spiro atoms. The van der Waals surface area contributed by atoms with E-state index in [1.807, 2.05) is 0 Å². The molecule has 1 atom stereocenters. The van der Waals surface area contributed by atoms with Crippen LogP contribution in [-0.4, -0.2) is 29.4 Å². The van der Waals surface area contributed by atoms with Gasteiger partial charge < -0.3 is 14.9 Å². The van der Waals surface area contributed by atoms with Crippen LogP contribution in [0.3, 0.4) is 0 Å². The monoisotopic (exact) mass is 308 g/mol. The molecule has 0 radical (unpaired) electrons. The van der Waals surface area contributed by atoms with Crippen molar-refractivity contribution in [1.29, 1.82) is 0 Å². The fourth-order valence-corrected chi connectivity index (χ4v) is 1.78. The summed E-state index contributed by atoms with van der Waals surface area (Å²) in [7, 11) is 0. The Balaban J connectivity index is 3.00. The topological polar surface area (TPSA) is 66.8 Å². The van der Waals surface area contributed by atoms with Crippen molar-refractivity contribution in [3.8, 4) is 0 Å². The van der Waals surface area contributed by atoms with E-state index in [0.717, 1.165) is 0 Å². The summed E-state index contributed by atoms with van der Waals surface area (Å²) in [6, 6.07) is 4.87. The molecule has 0 heterocycles. The Morgan fingerprint density at radius 2 is 2.25 bits per heavy atom. The van der Waals surface area contributed by atoms with Crippen LogP contribution in [0.15, 0.2) is 22.7 Å². The first-order chi connectivity index (χ1) is 7.56. The van der Waals surface area contributed by atoms with Crippen LogP contribution in [0.25, 0.3) is 0 Å². The maximum Gasteiger partial charge on any atom is 0.337 e. The van der Waals surface area contributed by atoms with Crippen LogP contribution in [0, 0.1) is 0 Å². The van der Waals surface area contributed by atoms with Gasteiger partial charge in [0.1, 0.15) is 0 Å². The van der Waals surface area contributed by atoms with Gasteiger partial charge in [-0.05, 0) is 18.2 Å². The highest BCUT2D eigenvalue weighted by molar-refractivity contribution is 9.10. The minimum absolute atomic E-state index is 0.0557. The second-order valence-electron chi connectivity index (χ2n) is 2.98. The summed E-state index contributed by atoms with van der Waals surface area (Å²) in [4.78, 5) is 11.0. The number of carboxylic acid groups (broad SMARTS) is 1. The number of ether oxygens (including phenoxy) is 1. The van der Waals surface area contributed by atoms with Crippen molar-refractivity contribution in [1.82, 2.24) is 0 Å². The Bertz CT molecular complexity index is 383. The molecule has 0 aromatic heterocycles. The second kappa shape index (κ2) is 6.20. The SMILES string of the molecule is O=C(O)C(OCCO)c1cc(Br)ccc1Cl. The molecule has 1 aromatic carbocycles. The maximum atomic E-state index is 11.0. The van der Waals surface area contributed by atoms with Gasteiger partial charge in [0.05, 0.1) is 13.2 Å². The van der Waals surface area contributed by atoms with E-state index in [2.05, 4.69) is 15.9 Å². The average Bonchev–Trinajstić information content (AvgIpc) is 2.23. The third-order valence-corrected chi connectivity index (χ3v) is 2.68. The smallest absolute Gasteiger partial charge is 0.337 e. The molecule has 1 aromatic rings. The lowest BCUT2D eigenvalue weighted by atomic mass is 10.1. The minimum Gasteiger partial charge on any atom is -0.479 e. The van der Waals surface area contributed by atoms with E-state index in [-0.39, 0.29) is 13.2 Å². The van der Waals surface area contributed by atoms with Gasteiger partial charge in [-0.2, -0.15) is 0 Å². The van der Waals surface area contributed by atoms with Gasteiger partial charge in [-0.1, -0.05) is 27.5 Å². The van der Waals surface area contributed by atoms with E-state index in [9.17, 15) is 4.79 Å². The Morgan fingerprint density at radius 1 is 1.56 bits per heavy atom. The van der Waals surface area contributed by atoms with E-state index in [0.29, 0.717) is 15.1 Å². The molecule has 2 N–H and O–H groups in total. The van der Waals surface area contributed by atoms with Gasteiger partial charge in [0.2, 0.25) is 0 Å². The first-order valence-electron chi connectivity index (χ1n) is 4.46. The third-order valence-electron chi connectivity index (χ3n) is 1.84. The molecule has 0 fully saturated rings. The number of carbonyl (C=O) groups is 1. The van der Waals surface area contributed by atoms with Gasteiger partial charge in [-0.15, -0.1) is 0 Å². The number of aliphatic hydroxyl groups is 1. The van der Waals surface area contributed by atoms with E-state index in [4.69, 9.17) is 26.6 Å². The Hall–Kier alpha value is -0.620. The Morgan fingerprint density at radius 3 is 2.81 bits per heavy atom. The molecule has 16 heavy (non-hydrogen) atoms. The number of hydrogen-bond donors (Lipinski definition) is 2. The summed E-state index contributed by atoms with van der Waals surface area (Å²) in [5, 5.41) is 17.9. The number of rotatable bonds is 5. The first kappa shape index (κ1) is 13.4. The Labute approximate surface area is 106 Å². The summed E-state index contributed by atoms with van der Waals surface area (Å²) in [5.74, 6) is -1.14. The predicted molar refractivity (Wildman–Crippen MR) is 62.6 cm³/mol. The van der Waals surface area contributed by atoms with Crippen LogP contribution in [0.1, 0.15) is 11.7 Å². The summed E-state index contributed by atoms with van der Waals surface area (Å²) in [6.07, 6.45) is -1.17. The molecule has 0 saturated heterocycles. The third kappa shape index (κ3) is 3.45. The minimum atomic E-state index is -1.17. The highest BCUT2D eigenvalue weighted by Gasteiger charge is 2.23. The second-order valence-corrected chi connectivity index (χ2v) is 4.30. The van der Waals surface area contributed by atoms with Gasteiger partial charge in [0.15, 0.2) is 6.10 Å². The number of halogens is 2. The highest BCUT2D eigenvalue weighted by atomic mass is 79.9. The van der Waals surface area contributed by atoms with Gasteiger partial charge >= 0.3 is 5.97 Å². The molecule has 0 aliphatic rings. The summed E-state index contributed by atoms with van der Waals surface area (Å²) in [5.41, 5.74) is 0.358. The summed E-state index contributed by atoms with van der Waals surface area (Å²) in [6.45, 7) is -0.296. The van der Waals surface area contributed by atoms with Crippen molar-refractivity contribution >= 4 is 33.5 Å². The zero-order valence-corrected chi connectivity index (χ0v) is 10.5. The summed E-state index contributed by atoms with van der Waals surface area (Å²) < 4.78 is 5.73. The zero-order valence-electron chi connectivity index (χ0n) is 8.19. The molecule has 0 amide bonds. The van der Waals surface area contributed by atoms with Crippen LogP contribution >= 0.6 is 27.5 Å². The van der Waals surface area contributed by atoms with Crippen molar-refractivity contribution in [2.24, 2.45) is 0 Å². The lowest BCUT2D eigenvalue weighted by molar-refractivity contribution is -0.151. The normalized spacial score (nSPS) is 12.4. The largest absolute Gasteiger partial charge is 0.479 e. The molecule has 0 bridgehead atoms. The standard InChI is InChI=1S/C10H10BrClO4/c11-6-1-2-8(12)7(5-6)9(10(14)15)16-4-3-13/h1-2,5,9,13H,3-4H2,(H,14,15). The van der Waals surface area contributed by atoms with Crippen molar-refractivity contribution in [3.05, 3.63) is 33.3 Å². The van der Waals surface area contributed by atoms with Crippen LogP contribution in [-0.2, 0) is 9.53 Å². The lowest BCUT2D eigenvalue weighted by Crippen LogP contribution is -2.17. The number of hydrogen-bond acceptors (Lipinski definition) is 3. The predicted octanol–water partition coefficient (Wildman–Crippen LogP) is 2.24. The highest BCUT2D eigenvalue weighted by Crippen LogP contribution is 2.28. The molecular formula is C10H10BrClO4. The van der Waals surface area contributed by atoms with Gasteiger partial charge in [-0.25, -0.2) is 4.79 Å². The molecule has 1 rings (SSSR count). The first-order valence-corrected chi connectivity index (χ1v) is 5.63. The molecule has 6 heteroatoms. The zero-order chi connectivity index (χ0) is 12.1. The average molecular weight is 310 g/mol. The van der Waals surface area contributed by atoms with Crippen molar-refractivity contribution in [2.45, 2.75) is 6.10 Å². The molecule has 88 valence electrons. The maximum absolute atomic E-state index is 11.0. The van der Waals surface area contributed by atoms with Crippen LogP contribution in [0.5, 0.6) is 0 Å². The molecule has 0 aliphatic carbocycles. The molecule has 0 saturated carbocycles. The van der Waals surface area contributed by atoms with Gasteiger partial charge in [0.25, 0.3) is 0 Å². The van der Waals surface area contributed by atoms with Gasteiger partial charge in [0, 0.05) is 15.1 Å². The molecule has 4 nitrogen and oxygen atoms in total. The van der Waals surface area contributed by atoms with E-state index >= 15 is 0 Å². The summed E-state index contributed by atoms with van der Waals surface area (Å²) >= 11 is 9.11. The molecule has 1 unspecified atom stereocenters.